The minimum atomic E-state index is 0.580. The molecule has 1 heteroatoms. The molecular formula is C14H17N. The van der Waals surface area contributed by atoms with Gasteiger partial charge in [-0.05, 0) is 17.9 Å². The van der Waals surface area contributed by atoms with E-state index in [0.29, 0.717) is 5.92 Å². The number of hydrogen-bond acceptors (Lipinski definition) is 1. The molecule has 1 aliphatic heterocycles. The second kappa shape index (κ2) is 4.35. The van der Waals surface area contributed by atoms with Gasteiger partial charge in [0.05, 0.1) is 0 Å². The van der Waals surface area contributed by atoms with Crippen molar-refractivity contribution in [2.75, 3.05) is 7.05 Å². The Bertz CT molecular complexity index is 376. The standard InChI is InChI=1S/C14H17N/c1-3-12-9-10-15(2)14(11-12)13-7-5-4-6-8-13/h4-12H,3H2,1-2H3. The molecule has 0 bridgehead atoms. The molecule has 0 radical (unpaired) electrons. The van der Waals surface area contributed by atoms with Gasteiger partial charge in [-0.1, -0.05) is 49.4 Å². The fraction of sp³-hybridized carbons (Fsp3) is 0.286. The van der Waals surface area contributed by atoms with Gasteiger partial charge in [-0.15, -0.1) is 0 Å². The Labute approximate surface area is 91.7 Å². The maximum Gasteiger partial charge on any atom is 0.0442 e. The molecule has 0 aromatic heterocycles. The van der Waals surface area contributed by atoms with Gasteiger partial charge in [-0.3, -0.25) is 0 Å². The van der Waals surface area contributed by atoms with Crippen LogP contribution in [0.15, 0.2) is 48.7 Å². The molecule has 0 fully saturated rings. The quantitative estimate of drug-likeness (QED) is 0.704. The Balaban J connectivity index is 2.31. The zero-order valence-electron chi connectivity index (χ0n) is 9.35. The summed E-state index contributed by atoms with van der Waals surface area (Å²) < 4.78 is 0. The summed E-state index contributed by atoms with van der Waals surface area (Å²) in [5, 5.41) is 0. The molecule has 1 aromatic rings. The number of rotatable bonds is 2. The van der Waals surface area contributed by atoms with E-state index in [9.17, 15) is 0 Å². The monoisotopic (exact) mass is 199 g/mol. The molecule has 78 valence electrons. The van der Waals surface area contributed by atoms with E-state index in [1.54, 1.807) is 0 Å². The first-order valence-electron chi connectivity index (χ1n) is 5.49. The number of allylic oxidation sites excluding steroid dienone is 2. The molecule has 0 spiro atoms. The first-order valence-corrected chi connectivity index (χ1v) is 5.49. The van der Waals surface area contributed by atoms with E-state index in [-0.39, 0.29) is 0 Å². The van der Waals surface area contributed by atoms with Gasteiger partial charge in [0.1, 0.15) is 0 Å². The Morgan fingerprint density at radius 1 is 1.20 bits per heavy atom. The van der Waals surface area contributed by atoms with Crippen molar-refractivity contribution in [2.24, 2.45) is 5.92 Å². The van der Waals surface area contributed by atoms with Gasteiger partial charge in [0.15, 0.2) is 0 Å². The summed E-state index contributed by atoms with van der Waals surface area (Å²) in [6.45, 7) is 2.22. The molecule has 1 aliphatic rings. The van der Waals surface area contributed by atoms with Crippen LogP contribution in [0.2, 0.25) is 0 Å². The summed E-state index contributed by atoms with van der Waals surface area (Å²) in [7, 11) is 2.10. The summed E-state index contributed by atoms with van der Waals surface area (Å²) in [4.78, 5) is 2.18. The normalized spacial score (nSPS) is 20.3. The van der Waals surface area contributed by atoms with E-state index < -0.39 is 0 Å². The number of hydrogen-bond donors (Lipinski definition) is 0. The molecule has 1 heterocycles. The molecule has 2 rings (SSSR count). The predicted octanol–water partition coefficient (Wildman–Crippen LogP) is 3.51. The van der Waals surface area contributed by atoms with Crippen LogP contribution in [-0.2, 0) is 0 Å². The topological polar surface area (TPSA) is 3.24 Å². The SMILES string of the molecule is CCC1C=CN(C)C(c2ccccc2)=C1. The molecule has 1 unspecified atom stereocenters. The van der Waals surface area contributed by atoms with Gasteiger partial charge >= 0.3 is 0 Å². The zero-order valence-corrected chi connectivity index (χ0v) is 9.35. The number of benzene rings is 1. The number of nitrogens with zero attached hydrogens (tertiary/aromatic N) is 1. The smallest absolute Gasteiger partial charge is 0.0442 e. The highest BCUT2D eigenvalue weighted by atomic mass is 15.1. The van der Waals surface area contributed by atoms with Gasteiger partial charge in [0, 0.05) is 18.9 Å². The van der Waals surface area contributed by atoms with Crippen molar-refractivity contribution in [3.05, 3.63) is 54.2 Å². The third-order valence-corrected chi connectivity index (χ3v) is 2.85. The van der Waals surface area contributed by atoms with E-state index in [1.165, 1.54) is 17.7 Å². The maximum absolute atomic E-state index is 2.34. The van der Waals surface area contributed by atoms with Crippen molar-refractivity contribution in [1.29, 1.82) is 0 Å². The summed E-state index contributed by atoms with van der Waals surface area (Å²) in [6.07, 6.45) is 7.93. The van der Waals surface area contributed by atoms with Crippen LogP contribution in [0.3, 0.4) is 0 Å². The highest BCUT2D eigenvalue weighted by Gasteiger charge is 2.11. The third-order valence-electron chi connectivity index (χ3n) is 2.85. The predicted molar refractivity (Wildman–Crippen MR) is 65.1 cm³/mol. The van der Waals surface area contributed by atoms with Crippen LogP contribution in [-0.4, -0.2) is 11.9 Å². The molecule has 1 nitrogen and oxygen atoms in total. The van der Waals surface area contributed by atoms with E-state index in [0.717, 1.165) is 0 Å². The van der Waals surface area contributed by atoms with Crippen LogP contribution < -0.4 is 0 Å². The Kier molecular flexibility index (Phi) is 2.91. The van der Waals surface area contributed by atoms with Crippen LogP contribution in [0.5, 0.6) is 0 Å². The van der Waals surface area contributed by atoms with Gasteiger partial charge in [0.25, 0.3) is 0 Å². The second-order valence-electron chi connectivity index (χ2n) is 3.94. The summed E-state index contributed by atoms with van der Waals surface area (Å²) in [6, 6.07) is 10.6. The molecular weight excluding hydrogens is 182 g/mol. The summed E-state index contributed by atoms with van der Waals surface area (Å²) in [5.41, 5.74) is 2.60. The minimum Gasteiger partial charge on any atom is -0.351 e. The van der Waals surface area contributed by atoms with E-state index in [4.69, 9.17) is 0 Å². The maximum atomic E-state index is 2.34. The highest BCUT2D eigenvalue weighted by Crippen LogP contribution is 2.25. The van der Waals surface area contributed by atoms with Crippen LogP contribution in [0.4, 0.5) is 0 Å². The largest absolute Gasteiger partial charge is 0.351 e. The van der Waals surface area contributed by atoms with Crippen molar-refractivity contribution in [3.63, 3.8) is 0 Å². The lowest BCUT2D eigenvalue weighted by Gasteiger charge is -2.25. The van der Waals surface area contributed by atoms with E-state index >= 15 is 0 Å². The lowest BCUT2D eigenvalue weighted by Crippen LogP contribution is -2.14. The van der Waals surface area contributed by atoms with E-state index in [1.807, 2.05) is 0 Å². The molecule has 1 atom stereocenters. The first kappa shape index (κ1) is 10.0. The van der Waals surface area contributed by atoms with Crippen molar-refractivity contribution in [3.8, 4) is 0 Å². The molecule has 0 amide bonds. The average Bonchev–Trinajstić information content (AvgIpc) is 2.31. The fourth-order valence-electron chi connectivity index (χ4n) is 1.86. The van der Waals surface area contributed by atoms with Crippen molar-refractivity contribution >= 4 is 5.70 Å². The minimum absolute atomic E-state index is 0.580. The van der Waals surface area contributed by atoms with E-state index in [2.05, 4.69) is 67.6 Å². The first-order chi connectivity index (χ1) is 7.31. The van der Waals surface area contributed by atoms with Crippen LogP contribution in [0, 0.1) is 5.92 Å². The lowest BCUT2D eigenvalue weighted by molar-refractivity contribution is 0.609. The van der Waals surface area contributed by atoms with Crippen molar-refractivity contribution in [1.82, 2.24) is 4.90 Å². The van der Waals surface area contributed by atoms with Crippen molar-refractivity contribution < 1.29 is 0 Å². The second-order valence-corrected chi connectivity index (χ2v) is 3.94. The van der Waals surface area contributed by atoms with Crippen LogP contribution >= 0.6 is 0 Å². The molecule has 0 N–H and O–H groups in total. The fourth-order valence-corrected chi connectivity index (χ4v) is 1.86. The molecule has 0 saturated heterocycles. The van der Waals surface area contributed by atoms with Crippen molar-refractivity contribution in [2.45, 2.75) is 13.3 Å². The zero-order chi connectivity index (χ0) is 10.7. The Hall–Kier alpha value is -1.50. The van der Waals surface area contributed by atoms with Gasteiger partial charge in [-0.25, -0.2) is 0 Å². The molecule has 0 saturated carbocycles. The van der Waals surface area contributed by atoms with Gasteiger partial charge in [0.2, 0.25) is 0 Å². The summed E-state index contributed by atoms with van der Waals surface area (Å²) >= 11 is 0. The highest BCUT2D eigenvalue weighted by molar-refractivity contribution is 5.66. The lowest BCUT2D eigenvalue weighted by atomic mass is 9.99. The average molecular weight is 199 g/mol. The summed E-state index contributed by atoms with van der Waals surface area (Å²) in [5.74, 6) is 0.580. The van der Waals surface area contributed by atoms with Crippen LogP contribution in [0.1, 0.15) is 18.9 Å². The Morgan fingerprint density at radius 2 is 1.93 bits per heavy atom. The molecule has 1 aromatic carbocycles. The Morgan fingerprint density at radius 3 is 2.60 bits per heavy atom. The van der Waals surface area contributed by atoms with Gasteiger partial charge < -0.3 is 4.90 Å². The van der Waals surface area contributed by atoms with Gasteiger partial charge in [-0.2, -0.15) is 0 Å². The molecule has 0 aliphatic carbocycles. The molecule has 15 heavy (non-hydrogen) atoms. The third kappa shape index (κ3) is 2.12. The van der Waals surface area contributed by atoms with Crippen LogP contribution in [0.25, 0.3) is 5.70 Å².